The van der Waals surface area contributed by atoms with Gasteiger partial charge in [0.05, 0.1) is 6.07 Å². The number of carbonyl (C=O) groups excluding carboxylic acids is 1. The zero-order valence-electron chi connectivity index (χ0n) is 8.63. The molecule has 0 bridgehead atoms. The van der Waals surface area contributed by atoms with Crippen molar-refractivity contribution >= 4 is 17.7 Å². The molecule has 0 aliphatic carbocycles. The molecule has 0 atom stereocenters. The van der Waals surface area contributed by atoms with Crippen LogP contribution in [0.3, 0.4) is 0 Å². The summed E-state index contributed by atoms with van der Waals surface area (Å²) in [5, 5.41) is 8.74. The molecule has 13 heavy (non-hydrogen) atoms. The average molecular weight is 200 g/mol. The fraction of sp³-hybridized carbons (Fsp3) is 0.778. The van der Waals surface area contributed by atoms with E-state index in [1.165, 1.54) is 0 Å². The van der Waals surface area contributed by atoms with Gasteiger partial charge in [-0.25, -0.2) is 0 Å². The van der Waals surface area contributed by atoms with Gasteiger partial charge in [-0.05, 0) is 20.1 Å². The molecule has 0 saturated carbocycles. The number of rotatable bonds is 4. The topological polar surface area (TPSA) is 44.1 Å². The first-order chi connectivity index (χ1) is 5.95. The van der Waals surface area contributed by atoms with Gasteiger partial charge in [0.25, 0.3) is 0 Å². The lowest BCUT2D eigenvalue weighted by Gasteiger charge is -2.23. The van der Waals surface area contributed by atoms with Crippen molar-refractivity contribution in [3.8, 4) is 6.07 Å². The first-order valence-corrected chi connectivity index (χ1v) is 5.51. The molecule has 0 rings (SSSR count). The lowest BCUT2D eigenvalue weighted by Crippen LogP contribution is -2.38. The van der Waals surface area contributed by atoms with Crippen LogP contribution in [0.25, 0.3) is 0 Å². The van der Waals surface area contributed by atoms with Gasteiger partial charge in [-0.2, -0.15) is 17.0 Å². The van der Waals surface area contributed by atoms with Gasteiger partial charge >= 0.3 is 0 Å². The fourth-order valence-corrected chi connectivity index (χ4v) is 1.31. The molecule has 0 aromatic heterocycles. The number of nitrogens with zero attached hydrogens (tertiary/aromatic N) is 2. The monoisotopic (exact) mass is 200 g/mol. The molecule has 0 aliphatic rings. The SMILES string of the molecule is CSCCN(C)C(=O)C(C)(C)C#N. The Morgan fingerprint density at radius 2 is 2.15 bits per heavy atom. The number of thioether (sulfide) groups is 1. The van der Waals surface area contributed by atoms with E-state index in [1.807, 2.05) is 12.3 Å². The van der Waals surface area contributed by atoms with Crippen molar-refractivity contribution in [2.75, 3.05) is 25.6 Å². The van der Waals surface area contributed by atoms with E-state index >= 15 is 0 Å². The van der Waals surface area contributed by atoms with E-state index < -0.39 is 5.41 Å². The van der Waals surface area contributed by atoms with Crippen molar-refractivity contribution in [3.63, 3.8) is 0 Å². The van der Waals surface area contributed by atoms with Crippen LogP contribution in [0, 0.1) is 16.7 Å². The largest absolute Gasteiger partial charge is 0.344 e. The summed E-state index contributed by atoms with van der Waals surface area (Å²) in [5.41, 5.74) is -0.896. The van der Waals surface area contributed by atoms with E-state index in [-0.39, 0.29) is 5.91 Å². The summed E-state index contributed by atoms with van der Waals surface area (Å²) in [6.07, 6.45) is 1.99. The van der Waals surface area contributed by atoms with E-state index in [1.54, 1.807) is 37.6 Å². The standard InChI is InChI=1S/C9H16N2OS/c1-9(2,7-10)8(12)11(3)5-6-13-4/h5-6H2,1-4H3. The van der Waals surface area contributed by atoms with Gasteiger partial charge in [0.1, 0.15) is 5.41 Å². The van der Waals surface area contributed by atoms with E-state index in [0.29, 0.717) is 6.54 Å². The Morgan fingerprint density at radius 3 is 2.54 bits per heavy atom. The van der Waals surface area contributed by atoms with Crippen molar-refractivity contribution in [2.24, 2.45) is 5.41 Å². The van der Waals surface area contributed by atoms with E-state index in [4.69, 9.17) is 5.26 Å². The molecule has 0 N–H and O–H groups in total. The molecule has 0 saturated heterocycles. The maximum Gasteiger partial charge on any atom is 0.242 e. The Labute approximate surface area is 84.1 Å². The average Bonchev–Trinajstić information content (AvgIpc) is 2.12. The van der Waals surface area contributed by atoms with Crippen molar-refractivity contribution in [1.82, 2.24) is 4.90 Å². The first kappa shape index (κ1) is 12.3. The van der Waals surface area contributed by atoms with Crippen LogP contribution < -0.4 is 0 Å². The third-order valence-electron chi connectivity index (χ3n) is 1.79. The van der Waals surface area contributed by atoms with Gasteiger partial charge in [-0.1, -0.05) is 0 Å². The Hall–Kier alpha value is -0.690. The van der Waals surface area contributed by atoms with Crippen LogP contribution in [-0.2, 0) is 4.79 Å². The second-order valence-electron chi connectivity index (χ2n) is 3.46. The van der Waals surface area contributed by atoms with E-state index in [9.17, 15) is 4.79 Å². The summed E-state index contributed by atoms with van der Waals surface area (Å²) in [5.74, 6) is 0.799. The number of nitriles is 1. The minimum atomic E-state index is -0.896. The predicted octanol–water partition coefficient (Wildman–Crippen LogP) is 1.36. The van der Waals surface area contributed by atoms with Gasteiger partial charge < -0.3 is 4.90 Å². The van der Waals surface area contributed by atoms with Crippen LogP contribution in [0.4, 0.5) is 0 Å². The second-order valence-corrected chi connectivity index (χ2v) is 4.44. The fourth-order valence-electron chi connectivity index (χ4n) is 0.855. The van der Waals surface area contributed by atoms with Gasteiger partial charge in [0.15, 0.2) is 0 Å². The smallest absolute Gasteiger partial charge is 0.242 e. The summed E-state index contributed by atoms with van der Waals surface area (Å²) >= 11 is 1.69. The van der Waals surface area contributed by atoms with Crippen LogP contribution in [0.15, 0.2) is 0 Å². The molecule has 0 unspecified atom stereocenters. The highest BCUT2D eigenvalue weighted by Gasteiger charge is 2.29. The van der Waals surface area contributed by atoms with E-state index in [2.05, 4.69) is 0 Å². The van der Waals surface area contributed by atoms with Gasteiger partial charge in [-0.3, -0.25) is 4.79 Å². The molecule has 74 valence electrons. The van der Waals surface area contributed by atoms with Crippen LogP contribution in [0.2, 0.25) is 0 Å². The summed E-state index contributed by atoms with van der Waals surface area (Å²) in [7, 11) is 1.73. The minimum absolute atomic E-state index is 0.107. The maximum absolute atomic E-state index is 11.6. The quantitative estimate of drug-likeness (QED) is 0.688. The number of amides is 1. The van der Waals surface area contributed by atoms with Crippen molar-refractivity contribution < 1.29 is 4.79 Å². The van der Waals surface area contributed by atoms with Crippen LogP contribution in [-0.4, -0.2) is 36.4 Å². The third-order valence-corrected chi connectivity index (χ3v) is 2.38. The molecule has 4 heteroatoms. The highest BCUT2D eigenvalue weighted by atomic mass is 32.2. The maximum atomic E-state index is 11.6. The molecular formula is C9H16N2OS. The number of hydrogen-bond acceptors (Lipinski definition) is 3. The Bertz CT molecular complexity index is 220. The molecule has 0 heterocycles. The Kier molecular flexibility index (Phi) is 4.86. The molecule has 0 aliphatic heterocycles. The molecular weight excluding hydrogens is 184 g/mol. The van der Waals surface area contributed by atoms with Crippen LogP contribution in [0.5, 0.6) is 0 Å². The lowest BCUT2D eigenvalue weighted by molar-refractivity contribution is -0.135. The summed E-state index contributed by atoms with van der Waals surface area (Å²) in [6, 6.07) is 2.00. The highest BCUT2D eigenvalue weighted by Crippen LogP contribution is 2.16. The Morgan fingerprint density at radius 1 is 1.62 bits per heavy atom. The van der Waals surface area contributed by atoms with E-state index in [0.717, 1.165) is 5.75 Å². The zero-order valence-corrected chi connectivity index (χ0v) is 9.44. The molecule has 0 fully saturated rings. The van der Waals surface area contributed by atoms with Gasteiger partial charge in [0.2, 0.25) is 5.91 Å². The molecule has 0 radical (unpaired) electrons. The predicted molar refractivity (Wildman–Crippen MR) is 55.4 cm³/mol. The zero-order chi connectivity index (χ0) is 10.5. The lowest BCUT2D eigenvalue weighted by atomic mass is 9.94. The summed E-state index contributed by atoms with van der Waals surface area (Å²) < 4.78 is 0. The number of hydrogen-bond donors (Lipinski definition) is 0. The van der Waals surface area contributed by atoms with Crippen molar-refractivity contribution in [1.29, 1.82) is 5.26 Å². The highest BCUT2D eigenvalue weighted by molar-refractivity contribution is 7.98. The summed E-state index contributed by atoms with van der Waals surface area (Å²) in [6.45, 7) is 3.99. The molecule has 0 aromatic rings. The van der Waals surface area contributed by atoms with Gasteiger partial charge in [0, 0.05) is 19.3 Å². The molecule has 3 nitrogen and oxygen atoms in total. The van der Waals surface area contributed by atoms with Crippen molar-refractivity contribution in [2.45, 2.75) is 13.8 Å². The van der Waals surface area contributed by atoms with Crippen LogP contribution >= 0.6 is 11.8 Å². The Balaban J connectivity index is 4.19. The molecule has 0 aromatic carbocycles. The number of carbonyl (C=O) groups is 1. The minimum Gasteiger partial charge on any atom is -0.344 e. The van der Waals surface area contributed by atoms with Gasteiger partial charge in [-0.15, -0.1) is 0 Å². The third kappa shape index (κ3) is 3.69. The normalized spacial score (nSPS) is 10.7. The first-order valence-electron chi connectivity index (χ1n) is 4.11. The molecule has 1 amide bonds. The van der Waals surface area contributed by atoms with Crippen LogP contribution in [0.1, 0.15) is 13.8 Å². The molecule has 0 spiro atoms. The van der Waals surface area contributed by atoms with Crippen molar-refractivity contribution in [3.05, 3.63) is 0 Å². The second kappa shape index (κ2) is 5.13. The summed E-state index contributed by atoms with van der Waals surface area (Å²) in [4.78, 5) is 13.2.